The number of hydrogen-bond acceptors (Lipinski definition) is 1. The quantitative estimate of drug-likeness (QED) is 0.300. The highest BCUT2D eigenvalue weighted by molar-refractivity contribution is 6.31. The zero-order chi connectivity index (χ0) is 23.5. The summed E-state index contributed by atoms with van der Waals surface area (Å²) in [6.07, 6.45) is 1.46. The highest BCUT2D eigenvalue weighted by atomic mass is 35.5. The zero-order valence-corrected chi connectivity index (χ0v) is 18.9. The first-order valence-electron chi connectivity index (χ1n) is 10.0. The van der Waals surface area contributed by atoms with Crippen LogP contribution >= 0.6 is 23.2 Å². The summed E-state index contributed by atoms with van der Waals surface area (Å²) in [7, 11) is 0. The zero-order valence-electron chi connectivity index (χ0n) is 17.4. The monoisotopic (exact) mass is 482 g/mol. The third-order valence-corrected chi connectivity index (χ3v) is 7.09. The second kappa shape index (κ2) is 7.46. The van der Waals surface area contributed by atoms with Crippen LogP contribution in [0.2, 0.25) is 10.0 Å². The summed E-state index contributed by atoms with van der Waals surface area (Å²) in [4.78, 5) is 13.0. The predicted octanol–water partition coefficient (Wildman–Crippen LogP) is 8.12. The van der Waals surface area contributed by atoms with Gasteiger partial charge in [-0.15, -0.1) is 0 Å². The second-order valence-corrected chi connectivity index (χ2v) is 9.83. The Morgan fingerprint density at radius 2 is 1.00 bits per heavy atom. The van der Waals surface area contributed by atoms with Crippen LogP contribution in [-0.4, -0.2) is 17.6 Å². The van der Waals surface area contributed by atoms with Crippen LogP contribution < -0.4 is 0 Å². The Kier molecular flexibility index (Phi) is 5.38. The fourth-order valence-corrected chi connectivity index (χ4v) is 4.34. The van der Waals surface area contributed by atoms with Gasteiger partial charge >= 0.3 is 0 Å². The van der Waals surface area contributed by atoms with Gasteiger partial charge in [-0.1, -0.05) is 47.5 Å². The van der Waals surface area contributed by atoms with Gasteiger partial charge in [-0.25, -0.2) is 17.6 Å². The lowest BCUT2D eigenvalue weighted by Gasteiger charge is -2.18. The molecule has 0 aromatic heterocycles. The fraction of sp³-hybridized carbons (Fsp3) is 0.320. The average molecular weight is 483 g/mol. The van der Waals surface area contributed by atoms with Crippen molar-refractivity contribution in [3.63, 3.8) is 0 Å². The van der Waals surface area contributed by atoms with E-state index >= 15 is 0 Å². The number of halogens is 6. The van der Waals surface area contributed by atoms with E-state index in [2.05, 4.69) is 0 Å². The lowest BCUT2D eigenvalue weighted by molar-refractivity contribution is -0.110. The summed E-state index contributed by atoms with van der Waals surface area (Å²) >= 11 is 11.8. The van der Waals surface area contributed by atoms with E-state index in [1.165, 1.54) is 13.8 Å². The maximum atomic E-state index is 14.2. The number of carbonyl (C=O) groups is 1. The molecule has 7 heteroatoms. The molecule has 4 rings (SSSR count). The van der Waals surface area contributed by atoms with Crippen LogP contribution in [0.25, 0.3) is 11.1 Å². The Bertz CT molecular complexity index is 1050. The summed E-state index contributed by atoms with van der Waals surface area (Å²) in [6, 6.07) is 12.5. The minimum atomic E-state index is -2.96. The molecule has 0 N–H and O–H groups in total. The third kappa shape index (κ3) is 3.90. The van der Waals surface area contributed by atoms with E-state index in [0.717, 1.165) is 12.2 Å². The molecule has 32 heavy (non-hydrogen) atoms. The molecule has 0 saturated heterocycles. The maximum Gasteiger partial charge on any atom is 0.258 e. The van der Waals surface area contributed by atoms with Crippen LogP contribution in [0.1, 0.15) is 37.8 Å². The normalized spacial score (nSPS) is 28.4. The number of alkyl halides is 4. The smallest absolute Gasteiger partial charge is 0.258 e. The van der Waals surface area contributed by atoms with E-state index in [0.29, 0.717) is 21.2 Å². The molecule has 2 aromatic carbocycles. The van der Waals surface area contributed by atoms with Gasteiger partial charge < -0.3 is 0 Å². The molecule has 2 aliphatic carbocycles. The van der Waals surface area contributed by atoms with Gasteiger partial charge in [-0.2, -0.15) is 0 Å². The average Bonchev–Trinajstić information content (AvgIpc) is 3.45. The fourth-order valence-electron chi connectivity index (χ4n) is 4.09. The maximum absolute atomic E-state index is 14.2. The Morgan fingerprint density at radius 1 is 0.719 bits per heavy atom. The van der Waals surface area contributed by atoms with Crippen LogP contribution in [0.15, 0.2) is 60.7 Å². The van der Waals surface area contributed by atoms with E-state index in [1.807, 2.05) is 0 Å². The van der Waals surface area contributed by atoms with Crippen LogP contribution in [0, 0.1) is 10.8 Å². The van der Waals surface area contributed by atoms with Crippen LogP contribution in [0.3, 0.4) is 0 Å². The number of ketones is 1. The topological polar surface area (TPSA) is 17.1 Å². The molecule has 168 valence electrons. The number of allylic oxidation sites excluding steroid dienone is 4. The van der Waals surface area contributed by atoms with E-state index < -0.39 is 41.3 Å². The van der Waals surface area contributed by atoms with Crippen molar-refractivity contribution in [2.45, 2.75) is 38.5 Å². The van der Waals surface area contributed by atoms with Crippen molar-refractivity contribution in [2.24, 2.45) is 10.8 Å². The molecule has 2 aromatic rings. The molecular formula is C25H20Cl2F4O. The number of hydrogen-bond donors (Lipinski definition) is 0. The van der Waals surface area contributed by atoms with Crippen molar-refractivity contribution >= 4 is 40.1 Å². The number of carbonyl (C=O) groups excluding carboxylic acids is 1. The predicted molar refractivity (Wildman–Crippen MR) is 119 cm³/mol. The molecule has 0 heterocycles. The summed E-state index contributed by atoms with van der Waals surface area (Å²) in [6.45, 7) is 2.78. The molecule has 2 fully saturated rings. The van der Waals surface area contributed by atoms with Crippen LogP contribution in [0.4, 0.5) is 17.6 Å². The highest BCUT2D eigenvalue weighted by Crippen LogP contribution is 2.68. The van der Waals surface area contributed by atoms with Crippen molar-refractivity contribution < 1.29 is 22.4 Å². The summed E-state index contributed by atoms with van der Waals surface area (Å²) < 4.78 is 56.8. The molecule has 0 bridgehead atoms. The SMILES string of the molecule is CC1(C(=CC(=O)C=C(c2ccc(Cl)cc2)C2(C)CC2(F)F)c2ccc(Cl)cc2)CC1(F)F. The molecule has 2 unspecified atom stereocenters. The molecule has 2 saturated carbocycles. The van der Waals surface area contributed by atoms with Crippen molar-refractivity contribution in [3.8, 4) is 0 Å². The molecule has 1 nitrogen and oxygen atoms in total. The van der Waals surface area contributed by atoms with Crippen molar-refractivity contribution in [2.75, 3.05) is 0 Å². The van der Waals surface area contributed by atoms with Gasteiger partial charge in [0.25, 0.3) is 11.8 Å². The van der Waals surface area contributed by atoms with Crippen molar-refractivity contribution in [1.82, 2.24) is 0 Å². The Balaban J connectivity index is 1.78. The lowest BCUT2D eigenvalue weighted by Crippen LogP contribution is -2.12. The molecule has 0 spiro atoms. The summed E-state index contributed by atoms with van der Waals surface area (Å²) in [5.41, 5.74) is -1.85. The van der Waals surface area contributed by atoms with Gasteiger partial charge in [0.2, 0.25) is 0 Å². The Hall–Kier alpha value is -2.11. The van der Waals surface area contributed by atoms with Crippen molar-refractivity contribution in [1.29, 1.82) is 0 Å². The number of benzene rings is 2. The largest absolute Gasteiger partial charge is 0.290 e. The Labute approximate surface area is 193 Å². The minimum absolute atomic E-state index is 0.156. The second-order valence-electron chi connectivity index (χ2n) is 8.96. The molecular weight excluding hydrogens is 463 g/mol. The molecule has 0 radical (unpaired) electrons. The van der Waals surface area contributed by atoms with Gasteiger partial charge in [0.15, 0.2) is 5.78 Å². The first-order chi connectivity index (χ1) is 14.8. The molecule has 2 aliphatic rings. The standard InChI is InChI=1S/C25H20Cl2F4O/c1-22(13-24(22,28)29)20(15-3-7-17(26)8-4-15)11-19(32)12-21(23(2)14-25(23,30)31)16-5-9-18(27)10-6-16/h3-12H,13-14H2,1-2H3. The summed E-state index contributed by atoms with van der Waals surface area (Å²) in [5.74, 6) is -6.55. The summed E-state index contributed by atoms with van der Waals surface area (Å²) in [5, 5.41) is 0.863. The van der Waals surface area contributed by atoms with E-state index in [9.17, 15) is 22.4 Å². The molecule has 0 amide bonds. The minimum Gasteiger partial charge on any atom is -0.290 e. The lowest BCUT2D eigenvalue weighted by atomic mass is 9.87. The van der Waals surface area contributed by atoms with Crippen molar-refractivity contribution in [3.05, 3.63) is 81.9 Å². The van der Waals surface area contributed by atoms with Gasteiger partial charge in [-0.3, -0.25) is 4.79 Å². The third-order valence-electron chi connectivity index (χ3n) is 6.59. The van der Waals surface area contributed by atoms with Gasteiger partial charge in [0, 0.05) is 22.9 Å². The first kappa shape index (κ1) is 23.1. The van der Waals surface area contributed by atoms with Crippen LogP contribution in [0.5, 0.6) is 0 Å². The van der Waals surface area contributed by atoms with E-state index in [1.54, 1.807) is 48.5 Å². The van der Waals surface area contributed by atoms with Gasteiger partial charge in [-0.05, 0) is 72.5 Å². The van der Waals surface area contributed by atoms with Crippen LogP contribution in [-0.2, 0) is 4.79 Å². The van der Waals surface area contributed by atoms with Gasteiger partial charge in [0.05, 0.1) is 10.8 Å². The number of rotatable bonds is 6. The van der Waals surface area contributed by atoms with Gasteiger partial charge in [0.1, 0.15) is 0 Å². The molecule has 2 atom stereocenters. The molecule has 0 aliphatic heterocycles. The van der Waals surface area contributed by atoms with E-state index in [4.69, 9.17) is 23.2 Å². The Morgan fingerprint density at radius 3 is 1.25 bits per heavy atom. The highest BCUT2D eigenvalue weighted by Gasteiger charge is 2.70. The van der Waals surface area contributed by atoms with E-state index in [-0.39, 0.29) is 11.1 Å². The first-order valence-corrected chi connectivity index (χ1v) is 10.8.